The SMILES string of the molecule is c1ccc(N(c2ccccc2)c2ccc(-c3cc4cc5sccc5cc4c4cc5oc6ccccc6c5cc34)cc2)cc1. The van der Waals surface area contributed by atoms with Crippen molar-refractivity contribution < 1.29 is 4.42 Å². The predicted molar refractivity (Wildman–Crippen MR) is 184 cm³/mol. The lowest BCUT2D eigenvalue weighted by atomic mass is 9.91. The van der Waals surface area contributed by atoms with Crippen LogP contribution in [0, 0.1) is 0 Å². The molecule has 2 heterocycles. The van der Waals surface area contributed by atoms with Gasteiger partial charge in [0.2, 0.25) is 0 Å². The number of hydrogen-bond acceptors (Lipinski definition) is 3. The second kappa shape index (κ2) is 9.59. The van der Waals surface area contributed by atoms with Gasteiger partial charge in [0, 0.05) is 32.5 Å². The van der Waals surface area contributed by atoms with Crippen molar-refractivity contribution >= 4 is 82.0 Å². The Balaban J connectivity index is 1.28. The zero-order valence-electron chi connectivity index (χ0n) is 23.2. The molecule has 0 amide bonds. The Morgan fingerprint density at radius 1 is 0.442 bits per heavy atom. The molecular weight excluding hydrogens is 543 g/mol. The molecule has 0 unspecified atom stereocenters. The normalized spacial score (nSPS) is 11.7. The van der Waals surface area contributed by atoms with Gasteiger partial charge in [-0.05, 0) is 122 Å². The summed E-state index contributed by atoms with van der Waals surface area (Å²) in [5.74, 6) is 0. The molecule has 0 N–H and O–H groups in total. The molecule has 0 saturated heterocycles. The van der Waals surface area contributed by atoms with Crippen molar-refractivity contribution in [3.8, 4) is 11.1 Å². The van der Waals surface area contributed by atoms with Gasteiger partial charge in [0.25, 0.3) is 0 Å². The third-order valence-corrected chi connectivity index (χ3v) is 9.37. The number of thiophene rings is 1. The van der Waals surface area contributed by atoms with E-state index < -0.39 is 0 Å². The summed E-state index contributed by atoms with van der Waals surface area (Å²) >= 11 is 1.79. The van der Waals surface area contributed by atoms with Crippen LogP contribution < -0.4 is 4.90 Å². The van der Waals surface area contributed by atoms with Crippen LogP contribution >= 0.6 is 11.3 Å². The first-order valence-corrected chi connectivity index (χ1v) is 15.4. The number of furan rings is 1. The van der Waals surface area contributed by atoms with Crippen LogP contribution in [0.3, 0.4) is 0 Å². The molecule has 9 aromatic rings. The van der Waals surface area contributed by atoms with Gasteiger partial charge in [-0.1, -0.05) is 66.7 Å². The van der Waals surface area contributed by atoms with Gasteiger partial charge in [-0.25, -0.2) is 0 Å². The van der Waals surface area contributed by atoms with Crippen molar-refractivity contribution in [2.45, 2.75) is 0 Å². The molecule has 202 valence electrons. The highest BCUT2D eigenvalue weighted by atomic mass is 32.1. The average Bonchev–Trinajstić information content (AvgIpc) is 3.68. The molecule has 0 aliphatic carbocycles. The first kappa shape index (κ1) is 24.2. The Hall–Kier alpha value is -5.38. The Morgan fingerprint density at radius 3 is 1.91 bits per heavy atom. The minimum Gasteiger partial charge on any atom is -0.456 e. The Bertz CT molecular complexity index is 2400. The van der Waals surface area contributed by atoms with E-state index in [0.717, 1.165) is 39.0 Å². The number of benzene rings is 7. The highest BCUT2D eigenvalue weighted by Crippen LogP contribution is 2.42. The molecule has 7 aromatic carbocycles. The number of hydrogen-bond donors (Lipinski definition) is 0. The van der Waals surface area contributed by atoms with Crippen LogP contribution in [0.5, 0.6) is 0 Å². The standard InChI is InChI=1S/C40H25NOS/c1-3-9-29(10-4-1)41(30-11-5-2-6-12-30)31-17-15-26(16-18-31)33-22-28-23-40-27(19-20-43-40)21-34(28)36-25-39-37(24-35(33)36)32-13-7-8-14-38(32)42-39/h1-25H. The third-order valence-electron chi connectivity index (χ3n) is 8.49. The summed E-state index contributed by atoms with van der Waals surface area (Å²) in [5.41, 5.74) is 7.64. The van der Waals surface area contributed by atoms with Crippen LogP contribution in [0.25, 0.3) is 64.7 Å². The van der Waals surface area contributed by atoms with Crippen LogP contribution in [0.1, 0.15) is 0 Å². The topological polar surface area (TPSA) is 16.4 Å². The van der Waals surface area contributed by atoms with Crippen LogP contribution in [0.15, 0.2) is 155 Å². The summed E-state index contributed by atoms with van der Waals surface area (Å²) in [6, 6.07) is 52.2. The van der Waals surface area contributed by atoms with Crippen molar-refractivity contribution in [1.82, 2.24) is 0 Å². The summed E-state index contributed by atoms with van der Waals surface area (Å²) < 4.78 is 7.66. The van der Waals surface area contributed by atoms with Gasteiger partial charge in [-0.2, -0.15) is 0 Å². The molecule has 0 radical (unpaired) electrons. The monoisotopic (exact) mass is 567 g/mol. The quantitative estimate of drug-likeness (QED) is 0.197. The summed E-state index contributed by atoms with van der Waals surface area (Å²) in [6.07, 6.45) is 0. The molecule has 0 saturated carbocycles. The minimum absolute atomic E-state index is 0.921. The molecule has 0 aliphatic heterocycles. The van der Waals surface area contributed by atoms with Crippen LogP contribution in [-0.2, 0) is 0 Å². The van der Waals surface area contributed by atoms with Crippen LogP contribution in [-0.4, -0.2) is 0 Å². The van der Waals surface area contributed by atoms with E-state index in [2.05, 4.69) is 150 Å². The molecule has 3 heteroatoms. The van der Waals surface area contributed by atoms with E-state index in [0.29, 0.717) is 0 Å². The Labute approximate surface area is 252 Å². The summed E-state index contributed by atoms with van der Waals surface area (Å²) in [5, 5.41) is 10.7. The van der Waals surface area contributed by atoms with Crippen molar-refractivity contribution in [2.75, 3.05) is 4.90 Å². The maximum absolute atomic E-state index is 6.35. The lowest BCUT2D eigenvalue weighted by Crippen LogP contribution is -2.09. The molecule has 0 aliphatic rings. The highest BCUT2D eigenvalue weighted by molar-refractivity contribution is 7.17. The van der Waals surface area contributed by atoms with E-state index >= 15 is 0 Å². The summed E-state index contributed by atoms with van der Waals surface area (Å²) in [7, 11) is 0. The van der Waals surface area contributed by atoms with E-state index in [1.807, 2.05) is 6.07 Å². The van der Waals surface area contributed by atoms with Gasteiger partial charge < -0.3 is 9.32 Å². The molecule has 0 fully saturated rings. The van der Waals surface area contributed by atoms with Gasteiger partial charge in [0.05, 0.1) is 0 Å². The van der Waals surface area contributed by atoms with Crippen molar-refractivity contribution in [1.29, 1.82) is 0 Å². The molecule has 0 atom stereocenters. The van der Waals surface area contributed by atoms with E-state index in [-0.39, 0.29) is 0 Å². The second-order valence-electron chi connectivity index (χ2n) is 11.0. The van der Waals surface area contributed by atoms with Crippen molar-refractivity contribution in [3.05, 3.63) is 151 Å². The molecular formula is C40H25NOS. The maximum Gasteiger partial charge on any atom is 0.136 e. The number of fused-ring (bicyclic) bond motifs is 7. The highest BCUT2D eigenvalue weighted by Gasteiger charge is 2.16. The number of anilines is 3. The molecule has 0 bridgehead atoms. The van der Waals surface area contributed by atoms with E-state index in [4.69, 9.17) is 4.42 Å². The van der Waals surface area contributed by atoms with E-state index in [9.17, 15) is 0 Å². The lowest BCUT2D eigenvalue weighted by Gasteiger charge is -2.25. The average molecular weight is 568 g/mol. The zero-order chi connectivity index (χ0) is 28.3. The van der Waals surface area contributed by atoms with Crippen LogP contribution in [0.4, 0.5) is 17.1 Å². The fourth-order valence-electron chi connectivity index (χ4n) is 6.46. The van der Waals surface area contributed by atoms with Gasteiger partial charge in [-0.3, -0.25) is 0 Å². The second-order valence-corrected chi connectivity index (χ2v) is 11.9. The fraction of sp³-hybridized carbons (Fsp3) is 0. The Kier molecular flexibility index (Phi) is 5.40. The number of nitrogens with zero attached hydrogens (tertiary/aromatic N) is 1. The maximum atomic E-state index is 6.35. The van der Waals surface area contributed by atoms with Gasteiger partial charge in [-0.15, -0.1) is 11.3 Å². The summed E-state index contributed by atoms with van der Waals surface area (Å²) in [6.45, 7) is 0. The molecule has 2 aromatic heterocycles. The van der Waals surface area contributed by atoms with E-state index in [1.54, 1.807) is 11.3 Å². The first-order valence-electron chi connectivity index (χ1n) is 14.5. The zero-order valence-corrected chi connectivity index (χ0v) is 24.0. The van der Waals surface area contributed by atoms with Crippen molar-refractivity contribution in [2.24, 2.45) is 0 Å². The van der Waals surface area contributed by atoms with Gasteiger partial charge in [0.15, 0.2) is 0 Å². The van der Waals surface area contributed by atoms with Gasteiger partial charge >= 0.3 is 0 Å². The van der Waals surface area contributed by atoms with Crippen LogP contribution in [0.2, 0.25) is 0 Å². The molecule has 2 nitrogen and oxygen atoms in total. The minimum atomic E-state index is 0.921. The van der Waals surface area contributed by atoms with E-state index in [1.165, 1.54) is 42.8 Å². The molecule has 9 rings (SSSR count). The van der Waals surface area contributed by atoms with Gasteiger partial charge in [0.1, 0.15) is 11.2 Å². The van der Waals surface area contributed by atoms with Crippen molar-refractivity contribution in [3.63, 3.8) is 0 Å². The largest absolute Gasteiger partial charge is 0.456 e. The predicted octanol–water partition coefficient (Wildman–Crippen LogP) is 12.2. The summed E-state index contributed by atoms with van der Waals surface area (Å²) in [4.78, 5) is 2.30. The number of rotatable bonds is 4. The lowest BCUT2D eigenvalue weighted by molar-refractivity contribution is 0.669. The smallest absolute Gasteiger partial charge is 0.136 e. The Morgan fingerprint density at radius 2 is 1.14 bits per heavy atom. The molecule has 0 spiro atoms. The number of para-hydroxylation sites is 3. The molecule has 43 heavy (non-hydrogen) atoms. The third kappa shape index (κ3) is 3.93. The fourth-order valence-corrected chi connectivity index (χ4v) is 7.28. The first-order chi connectivity index (χ1) is 21.3.